The number of hydrogen-bond donors (Lipinski definition) is 3. The molecule has 0 atom stereocenters. The van der Waals surface area contributed by atoms with Gasteiger partial charge in [-0.1, -0.05) is 18.2 Å². The standard InChI is InChI=1S/C15H14FN3O4S/c16-13-7-2-1-6-12(13)15(21)18-9-14(20)19-10-4-3-5-11(8-10)24(17,22)23/h1-8H,9H2,(H,18,21)(H,19,20)(H2,17,22,23). The molecule has 0 aliphatic heterocycles. The van der Waals surface area contributed by atoms with Crippen LogP contribution in [0.15, 0.2) is 53.4 Å². The van der Waals surface area contributed by atoms with Gasteiger partial charge in [-0.25, -0.2) is 17.9 Å². The fourth-order valence-electron chi connectivity index (χ4n) is 1.86. The molecule has 2 aromatic rings. The molecule has 9 heteroatoms. The lowest BCUT2D eigenvalue weighted by Crippen LogP contribution is -2.33. The van der Waals surface area contributed by atoms with Crippen molar-refractivity contribution in [3.05, 3.63) is 59.9 Å². The first kappa shape index (κ1) is 17.6. The maximum atomic E-state index is 13.4. The first-order valence-electron chi connectivity index (χ1n) is 6.73. The fraction of sp³-hybridized carbons (Fsp3) is 0.0667. The fourth-order valence-corrected chi connectivity index (χ4v) is 2.42. The molecule has 0 saturated heterocycles. The zero-order chi connectivity index (χ0) is 17.7. The van der Waals surface area contributed by atoms with Gasteiger partial charge in [0.1, 0.15) is 5.82 Å². The summed E-state index contributed by atoms with van der Waals surface area (Å²) in [6, 6.07) is 10.7. The average molecular weight is 351 g/mol. The van der Waals surface area contributed by atoms with Gasteiger partial charge < -0.3 is 10.6 Å². The van der Waals surface area contributed by atoms with E-state index in [1.54, 1.807) is 0 Å². The number of sulfonamides is 1. The van der Waals surface area contributed by atoms with Crippen LogP contribution in [0.4, 0.5) is 10.1 Å². The summed E-state index contributed by atoms with van der Waals surface area (Å²) in [6.07, 6.45) is 0. The van der Waals surface area contributed by atoms with Crippen molar-refractivity contribution < 1.29 is 22.4 Å². The lowest BCUT2D eigenvalue weighted by Gasteiger charge is -2.08. The third-order valence-electron chi connectivity index (χ3n) is 2.97. The van der Waals surface area contributed by atoms with E-state index in [2.05, 4.69) is 10.6 Å². The number of carbonyl (C=O) groups is 2. The minimum Gasteiger partial charge on any atom is -0.343 e. The summed E-state index contributed by atoms with van der Waals surface area (Å²) in [4.78, 5) is 23.4. The molecule has 2 aromatic carbocycles. The van der Waals surface area contributed by atoms with E-state index in [9.17, 15) is 22.4 Å². The Morgan fingerprint density at radius 2 is 1.79 bits per heavy atom. The van der Waals surface area contributed by atoms with E-state index >= 15 is 0 Å². The number of nitrogens with two attached hydrogens (primary N) is 1. The molecular weight excluding hydrogens is 337 g/mol. The quantitative estimate of drug-likeness (QED) is 0.740. The highest BCUT2D eigenvalue weighted by Crippen LogP contribution is 2.13. The molecule has 0 aliphatic rings. The molecule has 0 aromatic heterocycles. The molecule has 7 nitrogen and oxygen atoms in total. The average Bonchev–Trinajstić information content (AvgIpc) is 2.52. The van der Waals surface area contributed by atoms with Crippen molar-refractivity contribution in [1.82, 2.24) is 5.32 Å². The Morgan fingerprint density at radius 1 is 1.08 bits per heavy atom. The van der Waals surface area contributed by atoms with Crippen molar-refractivity contribution in [2.45, 2.75) is 4.90 Å². The number of primary sulfonamides is 1. The summed E-state index contributed by atoms with van der Waals surface area (Å²) in [6.45, 7) is -0.410. The number of nitrogens with one attached hydrogen (secondary N) is 2. The largest absolute Gasteiger partial charge is 0.343 e. The van der Waals surface area contributed by atoms with Crippen molar-refractivity contribution in [2.24, 2.45) is 5.14 Å². The lowest BCUT2D eigenvalue weighted by atomic mass is 10.2. The summed E-state index contributed by atoms with van der Waals surface area (Å²) in [5.74, 6) is -2.04. The Morgan fingerprint density at radius 3 is 2.46 bits per heavy atom. The van der Waals surface area contributed by atoms with Gasteiger partial charge in [-0.3, -0.25) is 9.59 Å². The maximum absolute atomic E-state index is 13.4. The molecule has 0 bridgehead atoms. The van der Waals surface area contributed by atoms with Crippen LogP contribution in [0.5, 0.6) is 0 Å². The number of rotatable bonds is 5. The molecule has 0 saturated carbocycles. The van der Waals surface area contributed by atoms with Crippen molar-refractivity contribution in [2.75, 3.05) is 11.9 Å². The second-order valence-corrected chi connectivity index (χ2v) is 6.34. The minimum atomic E-state index is -3.89. The molecule has 24 heavy (non-hydrogen) atoms. The van der Waals surface area contributed by atoms with Crippen molar-refractivity contribution >= 4 is 27.5 Å². The van der Waals surface area contributed by atoms with Gasteiger partial charge in [0.2, 0.25) is 15.9 Å². The molecule has 4 N–H and O–H groups in total. The highest BCUT2D eigenvalue weighted by molar-refractivity contribution is 7.89. The van der Waals surface area contributed by atoms with Crippen molar-refractivity contribution in [3.63, 3.8) is 0 Å². The van der Waals surface area contributed by atoms with Gasteiger partial charge in [0.05, 0.1) is 17.0 Å². The summed E-state index contributed by atoms with van der Waals surface area (Å²) in [7, 11) is -3.89. The topological polar surface area (TPSA) is 118 Å². The molecule has 0 radical (unpaired) electrons. The Balaban J connectivity index is 1.97. The number of anilines is 1. The summed E-state index contributed by atoms with van der Waals surface area (Å²) in [5.41, 5.74) is 0.0215. The smallest absolute Gasteiger partial charge is 0.254 e. The summed E-state index contributed by atoms with van der Waals surface area (Å²) >= 11 is 0. The first-order valence-corrected chi connectivity index (χ1v) is 8.27. The molecular formula is C15H14FN3O4S. The third-order valence-corrected chi connectivity index (χ3v) is 3.89. The van der Waals surface area contributed by atoms with Crippen molar-refractivity contribution in [3.8, 4) is 0 Å². The Labute approximate surface area is 137 Å². The normalized spacial score (nSPS) is 10.9. The first-order chi connectivity index (χ1) is 11.3. The summed E-state index contributed by atoms with van der Waals surface area (Å²) < 4.78 is 35.9. The van der Waals surface area contributed by atoms with Gasteiger partial charge in [-0.15, -0.1) is 0 Å². The monoisotopic (exact) mass is 351 g/mol. The minimum absolute atomic E-state index is 0.157. The number of amides is 2. The van der Waals surface area contributed by atoms with E-state index in [-0.39, 0.29) is 16.1 Å². The van der Waals surface area contributed by atoms with Crippen LogP contribution in [-0.4, -0.2) is 26.8 Å². The van der Waals surface area contributed by atoms with E-state index in [1.807, 2.05) is 0 Å². The van der Waals surface area contributed by atoms with Crippen LogP contribution in [0.25, 0.3) is 0 Å². The Bertz CT molecular complexity index is 884. The predicted octanol–water partition coefficient (Wildman–Crippen LogP) is 0.842. The predicted molar refractivity (Wildman–Crippen MR) is 85.2 cm³/mol. The van der Waals surface area contributed by atoms with Gasteiger partial charge in [-0.05, 0) is 30.3 Å². The van der Waals surface area contributed by atoms with Crippen LogP contribution in [0.1, 0.15) is 10.4 Å². The highest BCUT2D eigenvalue weighted by atomic mass is 32.2. The van der Waals surface area contributed by atoms with E-state index < -0.39 is 34.2 Å². The number of benzene rings is 2. The van der Waals surface area contributed by atoms with Crippen LogP contribution in [0, 0.1) is 5.82 Å². The van der Waals surface area contributed by atoms with Crippen molar-refractivity contribution in [1.29, 1.82) is 0 Å². The van der Waals surface area contributed by atoms with Gasteiger partial charge in [0.15, 0.2) is 0 Å². The Kier molecular flexibility index (Phi) is 5.27. The molecule has 126 valence electrons. The third kappa shape index (κ3) is 4.61. The number of carbonyl (C=O) groups excluding carboxylic acids is 2. The molecule has 0 fully saturated rings. The van der Waals surface area contributed by atoms with Gasteiger partial charge in [-0.2, -0.15) is 0 Å². The SMILES string of the molecule is NS(=O)(=O)c1cccc(NC(=O)CNC(=O)c2ccccc2F)c1. The van der Waals surface area contributed by atoms with Crippen LogP contribution >= 0.6 is 0 Å². The van der Waals surface area contributed by atoms with E-state index in [1.165, 1.54) is 42.5 Å². The highest BCUT2D eigenvalue weighted by Gasteiger charge is 2.13. The van der Waals surface area contributed by atoms with E-state index in [4.69, 9.17) is 5.14 Å². The second-order valence-electron chi connectivity index (χ2n) is 4.78. The Hall–Kier alpha value is -2.78. The van der Waals surface area contributed by atoms with Gasteiger partial charge in [0.25, 0.3) is 5.91 Å². The van der Waals surface area contributed by atoms with Crippen LogP contribution in [0.3, 0.4) is 0 Å². The molecule has 2 rings (SSSR count). The molecule has 0 heterocycles. The number of halogens is 1. The second kappa shape index (κ2) is 7.20. The lowest BCUT2D eigenvalue weighted by molar-refractivity contribution is -0.115. The van der Waals surface area contributed by atoms with Crippen LogP contribution in [-0.2, 0) is 14.8 Å². The van der Waals surface area contributed by atoms with Crippen LogP contribution in [0.2, 0.25) is 0 Å². The molecule has 0 aliphatic carbocycles. The van der Waals surface area contributed by atoms with E-state index in [0.717, 1.165) is 6.07 Å². The van der Waals surface area contributed by atoms with E-state index in [0.29, 0.717) is 0 Å². The maximum Gasteiger partial charge on any atom is 0.254 e. The zero-order valence-corrected chi connectivity index (χ0v) is 13.1. The van der Waals surface area contributed by atoms with Crippen LogP contribution < -0.4 is 15.8 Å². The van der Waals surface area contributed by atoms with Gasteiger partial charge in [0, 0.05) is 5.69 Å². The number of hydrogen-bond acceptors (Lipinski definition) is 4. The molecule has 0 spiro atoms. The summed E-state index contributed by atoms with van der Waals surface area (Å²) in [5, 5.41) is 9.68. The molecule has 0 unspecified atom stereocenters. The zero-order valence-electron chi connectivity index (χ0n) is 12.3. The molecule has 2 amide bonds. The van der Waals surface area contributed by atoms with Gasteiger partial charge >= 0.3 is 0 Å².